The monoisotopic (exact) mass is 414 g/mol. The molecule has 6 heteroatoms. The lowest BCUT2D eigenvalue weighted by Gasteiger charge is -2.27. The molecule has 6 nitrogen and oxygen atoms in total. The van der Waals surface area contributed by atoms with E-state index in [4.69, 9.17) is 0 Å². The number of aromatic nitrogens is 1. The normalized spacial score (nSPS) is 13.6. The first-order valence-electron chi connectivity index (χ1n) is 10.6. The molecule has 2 heterocycles. The highest BCUT2D eigenvalue weighted by Crippen LogP contribution is 2.21. The fourth-order valence-corrected chi connectivity index (χ4v) is 3.65. The molecule has 31 heavy (non-hydrogen) atoms. The van der Waals surface area contributed by atoms with E-state index in [1.165, 1.54) is 5.56 Å². The van der Waals surface area contributed by atoms with Crippen molar-refractivity contribution in [1.82, 2.24) is 15.2 Å². The quantitative estimate of drug-likeness (QED) is 0.669. The van der Waals surface area contributed by atoms with E-state index in [-0.39, 0.29) is 11.8 Å². The molecule has 158 valence electrons. The van der Waals surface area contributed by atoms with E-state index in [0.29, 0.717) is 11.1 Å². The third-order valence-corrected chi connectivity index (χ3v) is 5.46. The summed E-state index contributed by atoms with van der Waals surface area (Å²) in [5.74, 6) is -0.151. The van der Waals surface area contributed by atoms with Gasteiger partial charge in [0.25, 0.3) is 11.8 Å². The van der Waals surface area contributed by atoms with E-state index in [1.807, 2.05) is 59.5 Å². The number of benzene rings is 2. The van der Waals surface area contributed by atoms with Crippen molar-refractivity contribution in [1.29, 1.82) is 0 Å². The first-order chi connectivity index (χ1) is 15.1. The van der Waals surface area contributed by atoms with E-state index in [9.17, 15) is 9.59 Å². The van der Waals surface area contributed by atoms with Crippen LogP contribution in [0.25, 0.3) is 11.1 Å². The molecular formula is C25H26N4O2. The minimum absolute atomic E-state index is 0.0496. The van der Waals surface area contributed by atoms with E-state index in [1.54, 1.807) is 12.4 Å². The summed E-state index contributed by atoms with van der Waals surface area (Å²) in [6.45, 7) is 5.18. The fraction of sp³-hybridized carbons (Fsp3) is 0.240. The average molecular weight is 415 g/mol. The first kappa shape index (κ1) is 20.8. The number of amides is 2. The third kappa shape index (κ3) is 4.98. The van der Waals surface area contributed by atoms with Gasteiger partial charge in [0.2, 0.25) is 0 Å². The number of hydrogen-bond donors (Lipinski definition) is 2. The van der Waals surface area contributed by atoms with Crippen LogP contribution in [0.15, 0.2) is 67.0 Å². The largest absolute Gasteiger partial charge is 0.336 e. The number of anilines is 1. The maximum Gasteiger partial charge on any atom is 0.257 e. The lowest BCUT2D eigenvalue weighted by atomic mass is 10.0. The molecule has 1 saturated heterocycles. The molecule has 0 atom stereocenters. The number of rotatable bonds is 5. The van der Waals surface area contributed by atoms with Crippen molar-refractivity contribution in [2.45, 2.75) is 13.3 Å². The number of pyridine rings is 1. The van der Waals surface area contributed by atoms with Crippen molar-refractivity contribution in [2.24, 2.45) is 0 Å². The molecule has 0 bridgehead atoms. The SMILES string of the molecule is CCc1cccc(NC(=O)c2cncc(-c3ccc(C(=O)N4CCNCC4)cc3)c2)c1. The predicted molar refractivity (Wildman–Crippen MR) is 122 cm³/mol. The molecule has 1 aliphatic rings. The lowest BCUT2D eigenvalue weighted by Crippen LogP contribution is -2.46. The van der Waals surface area contributed by atoms with E-state index < -0.39 is 0 Å². The third-order valence-electron chi connectivity index (χ3n) is 5.46. The zero-order chi connectivity index (χ0) is 21.6. The van der Waals surface area contributed by atoms with Crippen molar-refractivity contribution in [2.75, 3.05) is 31.5 Å². The molecule has 0 saturated carbocycles. The highest BCUT2D eigenvalue weighted by Gasteiger charge is 2.18. The van der Waals surface area contributed by atoms with Crippen LogP contribution in [0, 0.1) is 0 Å². The second-order valence-corrected chi connectivity index (χ2v) is 7.59. The molecule has 2 aromatic carbocycles. The second-order valence-electron chi connectivity index (χ2n) is 7.59. The molecule has 2 N–H and O–H groups in total. The van der Waals surface area contributed by atoms with E-state index in [0.717, 1.165) is 49.4 Å². The molecule has 4 rings (SSSR count). The molecule has 0 aliphatic carbocycles. The minimum Gasteiger partial charge on any atom is -0.336 e. The van der Waals surface area contributed by atoms with Crippen molar-refractivity contribution < 1.29 is 9.59 Å². The Morgan fingerprint density at radius 3 is 2.48 bits per heavy atom. The fourth-order valence-electron chi connectivity index (χ4n) is 3.65. The molecule has 0 unspecified atom stereocenters. The van der Waals surface area contributed by atoms with Gasteiger partial charge in [-0.05, 0) is 47.9 Å². The Morgan fingerprint density at radius 1 is 0.968 bits per heavy atom. The van der Waals surface area contributed by atoms with Crippen LogP contribution in [0.5, 0.6) is 0 Å². The molecule has 1 aromatic heterocycles. The lowest BCUT2D eigenvalue weighted by molar-refractivity contribution is 0.0735. The summed E-state index contributed by atoms with van der Waals surface area (Å²) in [5.41, 5.74) is 4.83. The van der Waals surface area contributed by atoms with Crippen molar-refractivity contribution in [3.8, 4) is 11.1 Å². The number of aryl methyl sites for hydroxylation is 1. The maximum atomic E-state index is 12.7. The number of piperazine rings is 1. The Morgan fingerprint density at radius 2 is 1.74 bits per heavy atom. The standard InChI is InChI=1S/C25H26N4O2/c1-2-18-4-3-5-23(14-18)28-24(30)22-15-21(16-27-17-22)19-6-8-20(9-7-19)25(31)29-12-10-26-11-13-29/h3-9,14-17,26H,2,10-13H2,1H3,(H,28,30). The predicted octanol–water partition coefficient (Wildman–Crippen LogP) is 3.61. The highest BCUT2D eigenvalue weighted by atomic mass is 16.2. The van der Waals surface area contributed by atoms with Gasteiger partial charge in [-0.3, -0.25) is 14.6 Å². The number of nitrogens with zero attached hydrogens (tertiary/aromatic N) is 2. The molecule has 1 fully saturated rings. The zero-order valence-corrected chi connectivity index (χ0v) is 17.6. The van der Waals surface area contributed by atoms with Crippen LogP contribution in [0.4, 0.5) is 5.69 Å². The van der Waals surface area contributed by atoms with Gasteiger partial charge in [0.1, 0.15) is 0 Å². The number of carbonyl (C=O) groups excluding carboxylic acids is 2. The van der Waals surface area contributed by atoms with Crippen LogP contribution in [0.3, 0.4) is 0 Å². The van der Waals surface area contributed by atoms with Crippen LogP contribution in [-0.2, 0) is 6.42 Å². The van der Waals surface area contributed by atoms with Crippen molar-refractivity contribution in [3.05, 3.63) is 83.7 Å². The van der Waals surface area contributed by atoms with Crippen LogP contribution >= 0.6 is 0 Å². The molecule has 0 spiro atoms. The van der Waals surface area contributed by atoms with E-state index >= 15 is 0 Å². The minimum atomic E-state index is -0.201. The Bertz CT molecular complexity index is 1070. The van der Waals surface area contributed by atoms with Crippen molar-refractivity contribution in [3.63, 3.8) is 0 Å². The van der Waals surface area contributed by atoms with Gasteiger partial charge in [0.05, 0.1) is 5.56 Å². The Labute approximate surface area is 182 Å². The first-order valence-corrected chi connectivity index (χ1v) is 10.6. The molecular weight excluding hydrogens is 388 g/mol. The Hall–Kier alpha value is -3.51. The maximum absolute atomic E-state index is 12.7. The summed E-state index contributed by atoms with van der Waals surface area (Å²) in [7, 11) is 0. The van der Waals surface area contributed by atoms with E-state index in [2.05, 4.69) is 22.5 Å². The van der Waals surface area contributed by atoms with Gasteiger partial charge < -0.3 is 15.5 Å². The summed E-state index contributed by atoms with van der Waals surface area (Å²) < 4.78 is 0. The molecule has 0 radical (unpaired) electrons. The van der Waals surface area contributed by atoms with Crippen LogP contribution < -0.4 is 10.6 Å². The summed E-state index contributed by atoms with van der Waals surface area (Å²) in [5, 5.41) is 6.19. The Kier molecular flexibility index (Phi) is 6.38. The van der Waals surface area contributed by atoms with Gasteiger partial charge >= 0.3 is 0 Å². The van der Waals surface area contributed by atoms with Gasteiger partial charge in [-0.25, -0.2) is 0 Å². The second kappa shape index (κ2) is 9.53. The van der Waals surface area contributed by atoms with Crippen LogP contribution in [0.2, 0.25) is 0 Å². The highest BCUT2D eigenvalue weighted by molar-refractivity contribution is 6.04. The number of carbonyl (C=O) groups is 2. The summed E-state index contributed by atoms with van der Waals surface area (Å²) in [6, 6.07) is 17.1. The van der Waals surface area contributed by atoms with Gasteiger partial charge in [-0.15, -0.1) is 0 Å². The molecule has 3 aromatic rings. The van der Waals surface area contributed by atoms with Crippen LogP contribution in [0.1, 0.15) is 33.2 Å². The number of hydrogen-bond acceptors (Lipinski definition) is 4. The van der Waals surface area contributed by atoms with Gasteiger partial charge in [0, 0.05) is 55.4 Å². The Balaban J connectivity index is 1.48. The van der Waals surface area contributed by atoms with Crippen LogP contribution in [-0.4, -0.2) is 47.9 Å². The topological polar surface area (TPSA) is 74.3 Å². The average Bonchev–Trinajstić information content (AvgIpc) is 2.84. The summed E-state index contributed by atoms with van der Waals surface area (Å²) in [6.07, 6.45) is 4.19. The van der Waals surface area contributed by atoms with Crippen molar-refractivity contribution >= 4 is 17.5 Å². The number of nitrogens with one attached hydrogen (secondary N) is 2. The van der Waals surface area contributed by atoms with Gasteiger partial charge in [0.15, 0.2) is 0 Å². The van der Waals surface area contributed by atoms with Gasteiger partial charge in [-0.1, -0.05) is 31.2 Å². The van der Waals surface area contributed by atoms with Gasteiger partial charge in [-0.2, -0.15) is 0 Å². The summed E-state index contributed by atoms with van der Waals surface area (Å²) >= 11 is 0. The zero-order valence-electron chi connectivity index (χ0n) is 17.6. The summed E-state index contributed by atoms with van der Waals surface area (Å²) in [4.78, 5) is 31.5. The molecule has 2 amide bonds. The smallest absolute Gasteiger partial charge is 0.257 e. The molecule has 1 aliphatic heterocycles.